The van der Waals surface area contributed by atoms with E-state index in [4.69, 9.17) is 0 Å². The van der Waals surface area contributed by atoms with Crippen LogP contribution in [0, 0.1) is 17.8 Å². The van der Waals surface area contributed by atoms with Crippen molar-refractivity contribution in [2.75, 3.05) is 0 Å². The topological polar surface area (TPSA) is 0 Å². The molecule has 1 atom stereocenters. The minimum Gasteiger partial charge on any atom is -0.0654 e. The Labute approximate surface area is 78.8 Å². The number of hydrogen-bond donors (Lipinski definition) is 0. The van der Waals surface area contributed by atoms with E-state index in [-0.39, 0.29) is 0 Å². The van der Waals surface area contributed by atoms with Crippen molar-refractivity contribution in [2.45, 2.75) is 60.3 Å². The van der Waals surface area contributed by atoms with Gasteiger partial charge in [-0.25, -0.2) is 0 Å². The van der Waals surface area contributed by atoms with Crippen LogP contribution in [-0.2, 0) is 0 Å². The van der Waals surface area contributed by atoms with Crippen LogP contribution in [0.25, 0.3) is 0 Å². The molecule has 0 aromatic carbocycles. The molecule has 0 aliphatic rings. The van der Waals surface area contributed by atoms with Crippen molar-refractivity contribution in [3.63, 3.8) is 0 Å². The lowest BCUT2D eigenvalue weighted by atomic mass is 9.62. The minimum absolute atomic E-state index is 0.387. The lowest BCUT2D eigenvalue weighted by Crippen LogP contribution is -2.34. The first kappa shape index (κ1) is 12.0. The van der Waals surface area contributed by atoms with Crippen LogP contribution in [0.4, 0.5) is 0 Å². The molecule has 12 heavy (non-hydrogen) atoms. The Bertz CT molecular complexity index is 124. The van der Waals surface area contributed by atoms with Gasteiger partial charge >= 0.3 is 0 Å². The van der Waals surface area contributed by atoms with E-state index < -0.39 is 0 Å². The zero-order valence-electron chi connectivity index (χ0n) is 9.54. The summed E-state index contributed by atoms with van der Waals surface area (Å²) in [6, 6.07) is 0. The lowest BCUT2D eigenvalue weighted by Gasteiger charge is -2.43. The van der Waals surface area contributed by atoms with Crippen molar-refractivity contribution in [3.05, 3.63) is 6.92 Å². The van der Waals surface area contributed by atoms with Gasteiger partial charge in [-0.15, -0.1) is 0 Å². The van der Waals surface area contributed by atoms with Gasteiger partial charge < -0.3 is 0 Å². The van der Waals surface area contributed by atoms with Crippen LogP contribution >= 0.6 is 0 Å². The van der Waals surface area contributed by atoms with Crippen LogP contribution in [0.1, 0.15) is 60.3 Å². The summed E-state index contributed by atoms with van der Waals surface area (Å²) in [7, 11) is 0. The molecule has 0 aliphatic heterocycles. The Morgan fingerprint density at radius 2 is 1.58 bits per heavy atom. The second kappa shape index (κ2) is 4.30. The Hall–Kier alpha value is 0. The molecule has 0 N–H and O–H groups in total. The Morgan fingerprint density at radius 1 is 1.08 bits per heavy atom. The first-order valence-electron chi connectivity index (χ1n) is 5.22. The van der Waals surface area contributed by atoms with Gasteiger partial charge in [0.15, 0.2) is 0 Å². The van der Waals surface area contributed by atoms with E-state index in [0.29, 0.717) is 10.8 Å². The van der Waals surface area contributed by atoms with Gasteiger partial charge in [0, 0.05) is 0 Å². The largest absolute Gasteiger partial charge is 0.0654 e. The van der Waals surface area contributed by atoms with Gasteiger partial charge in [-0.3, -0.25) is 0 Å². The summed E-state index contributed by atoms with van der Waals surface area (Å²) < 4.78 is 0. The molecule has 0 rings (SSSR count). The van der Waals surface area contributed by atoms with E-state index in [1.54, 1.807) is 0 Å². The Morgan fingerprint density at radius 3 is 1.83 bits per heavy atom. The maximum Gasteiger partial charge on any atom is -0.0277 e. The first-order valence-corrected chi connectivity index (χ1v) is 5.22. The van der Waals surface area contributed by atoms with Gasteiger partial charge in [-0.1, -0.05) is 54.4 Å². The SMILES string of the molecule is [CH2]CC(C)(C)C(C)(CC)CCC. The predicted octanol–water partition coefficient (Wildman–Crippen LogP) is 4.45. The van der Waals surface area contributed by atoms with Crippen LogP contribution in [0.2, 0.25) is 0 Å². The van der Waals surface area contributed by atoms with E-state index in [1.165, 1.54) is 19.3 Å². The molecule has 0 saturated heterocycles. The van der Waals surface area contributed by atoms with Crippen molar-refractivity contribution < 1.29 is 0 Å². The fourth-order valence-corrected chi connectivity index (χ4v) is 1.85. The lowest BCUT2D eigenvalue weighted by molar-refractivity contribution is 0.0732. The molecule has 0 heteroatoms. The van der Waals surface area contributed by atoms with E-state index in [0.717, 1.165) is 6.42 Å². The molecule has 0 aliphatic carbocycles. The van der Waals surface area contributed by atoms with Gasteiger partial charge in [0.25, 0.3) is 0 Å². The van der Waals surface area contributed by atoms with Crippen LogP contribution in [0.5, 0.6) is 0 Å². The second-order valence-corrected chi connectivity index (χ2v) is 4.80. The molecule has 0 spiro atoms. The third kappa shape index (κ3) is 2.24. The van der Waals surface area contributed by atoms with Gasteiger partial charge in [-0.2, -0.15) is 0 Å². The normalized spacial score (nSPS) is 17.5. The zero-order valence-corrected chi connectivity index (χ0v) is 9.54. The standard InChI is InChI=1S/C12H25/c1-7-10-12(6,9-3)11(4,5)8-2/h2,7-10H2,1,3-6H3. The van der Waals surface area contributed by atoms with Gasteiger partial charge in [0.1, 0.15) is 0 Å². The molecule has 0 aromatic heterocycles. The highest BCUT2D eigenvalue weighted by atomic mass is 14.4. The third-order valence-corrected chi connectivity index (χ3v) is 3.84. The average molecular weight is 169 g/mol. The highest BCUT2D eigenvalue weighted by molar-refractivity contribution is 4.88. The van der Waals surface area contributed by atoms with Crippen LogP contribution in [-0.4, -0.2) is 0 Å². The minimum atomic E-state index is 0.387. The molecule has 0 nitrogen and oxygen atoms in total. The van der Waals surface area contributed by atoms with Gasteiger partial charge in [0.2, 0.25) is 0 Å². The smallest absolute Gasteiger partial charge is 0.0277 e. The third-order valence-electron chi connectivity index (χ3n) is 3.84. The van der Waals surface area contributed by atoms with Gasteiger partial charge in [-0.05, 0) is 23.7 Å². The maximum absolute atomic E-state index is 4.05. The van der Waals surface area contributed by atoms with Gasteiger partial charge in [0.05, 0.1) is 0 Å². The van der Waals surface area contributed by atoms with Crippen molar-refractivity contribution >= 4 is 0 Å². The maximum atomic E-state index is 4.05. The summed E-state index contributed by atoms with van der Waals surface area (Å²) in [5.41, 5.74) is 0.862. The van der Waals surface area contributed by atoms with Crippen LogP contribution < -0.4 is 0 Å². The molecule has 0 heterocycles. The monoisotopic (exact) mass is 169 g/mol. The fourth-order valence-electron chi connectivity index (χ4n) is 1.85. The summed E-state index contributed by atoms with van der Waals surface area (Å²) in [6.45, 7) is 15.7. The predicted molar refractivity (Wildman–Crippen MR) is 57.1 cm³/mol. The van der Waals surface area contributed by atoms with Crippen molar-refractivity contribution in [2.24, 2.45) is 10.8 Å². The fraction of sp³-hybridized carbons (Fsp3) is 0.917. The van der Waals surface area contributed by atoms with Crippen molar-refractivity contribution in [3.8, 4) is 0 Å². The van der Waals surface area contributed by atoms with Crippen molar-refractivity contribution in [1.29, 1.82) is 0 Å². The summed E-state index contributed by atoms with van der Waals surface area (Å²) in [4.78, 5) is 0. The molecule has 1 radical (unpaired) electrons. The van der Waals surface area contributed by atoms with E-state index >= 15 is 0 Å². The molecule has 0 saturated carbocycles. The summed E-state index contributed by atoms with van der Waals surface area (Å²) in [6.07, 6.45) is 4.92. The zero-order chi connectivity index (χ0) is 9.83. The van der Waals surface area contributed by atoms with E-state index in [9.17, 15) is 0 Å². The average Bonchev–Trinajstić information content (AvgIpc) is 2.04. The molecule has 0 aromatic rings. The molecule has 0 fully saturated rings. The highest BCUT2D eigenvalue weighted by Crippen LogP contribution is 2.47. The second-order valence-electron chi connectivity index (χ2n) is 4.80. The molecule has 0 bridgehead atoms. The van der Waals surface area contributed by atoms with Crippen LogP contribution in [0.3, 0.4) is 0 Å². The molecule has 1 unspecified atom stereocenters. The summed E-state index contributed by atoms with van der Waals surface area (Å²) in [5.74, 6) is 0. The number of rotatable bonds is 5. The number of hydrogen-bond acceptors (Lipinski definition) is 0. The van der Waals surface area contributed by atoms with Crippen molar-refractivity contribution in [1.82, 2.24) is 0 Å². The molecule has 0 amide bonds. The van der Waals surface area contributed by atoms with E-state index in [2.05, 4.69) is 41.5 Å². The summed E-state index contributed by atoms with van der Waals surface area (Å²) in [5, 5.41) is 0. The van der Waals surface area contributed by atoms with E-state index in [1.807, 2.05) is 0 Å². The molecule has 73 valence electrons. The molecular formula is C12H25. The first-order chi connectivity index (χ1) is 5.43. The quantitative estimate of drug-likeness (QED) is 0.570. The Kier molecular flexibility index (Phi) is 4.30. The highest BCUT2D eigenvalue weighted by Gasteiger charge is 2.36. The molecular weight excluding hydrogens is 144 g/mol. The Balaban J connectivity index is 4.49. The van der Waals surface area contributed by atoms with Crippen LogP contribution in [0.15, 0.2) is 0 Å². The summed E-state index contributed by atoms with van der Waals surface area (Å²) >= 11 is 0.